The highest BCUT2D eigenvalue weighted by Crippen LogP contribution is 2.29. The third-order valence-corrected chi connectivity index (χ3v) is 4.82. The SMILES string of the molecule is Cc1cc(-c2cccnc2)cc(C)c1OCC(=O)NN=Cc1cccc2[nH]ccc12. The summed E-state index contributed by atoms with van der Waals surface area (Å²) in [5.74, 6) is 0.390. The third kappa shape index (κ3) is 4.22. The molecule has 0 aliphatic heterocycles. The maximum Gasteiger partial charge on any atom is 0.277 e. The van der Waals surface area contributed by atoms with Crippen LogP contribution in [0.4, 0.5) is 0 Å². The molecule has 0 saturated carbocycles. The van der Waals surface area contributed by atoms with Crippen LogP contribution in [0.5, 0.6) is 5.75 Å². The van der Waals surface area contributed by atoms with Gasteiger partial charge in [-0.25, -0.2) is 5.43 Å². The molecule has 0 atom stereocenters. The summed E-state index contributed by atoms with van der Waals surface area (Å²) in [5, 5.41) is 5.10. The molecule has 2 aromatic heterocycles. The first kappa shape index (κ1) is 19.4. The number of aromatic amines is 1. The Morgan fingerprint density at radius 3 is 2.73 bits per heavy atom. The minimum Gasteiger partial charge on any atom is -0.483 e. The number of rotatable bonds is 6. The number of fused-ring (bicyclic) bond motifs is 1. The Bertz CT molecular complexity index is 1190. The smallest absolute Gasteiger partial charge is 0.277 e. The van der Waals surface area contributed by atoms with Crippen molar-refractivity contribution >= 4 is 23.0 Å². The van der Waals surface area contributed by atoms with Crippen LogP contribution in [0.15, 0.2) is 72.2 Å². The number of pyridine rings is 1. The molecule has 30 heavy (non-hydrogen) atoms. The molecule has 0 saturated heterocycles. The fraction of sp³-hybridized carbons (Fsp3) is 0.125. The first-order valence-corrected chi connectivity index (χ1v) is 9.64. The van der Waals surface area contributed by atoms with Gasteiger partial charge in [-0.3, -0.25) is 9.78 Å². The molecule has 0 bridgehead atoms. The summed E-state index contributed by atoms with van der Waals surface area (Å²) < 4.78 is 5.77. The van der Waals surface area contributed by atoms with E-state index in [2.05, 4.69) is 20.5 Å². The van der Waals surface area contributed by atoms with Crippen LogP contribution in [0.2, 0.25) is 0 Å². The van der Waals surface area contributed by atoms with Gasteiger partial charge in [-0.15, -0.1) is 0 Å². The van der Waals surface area contributed by atoms with Crippen LogP contribution in [-0.4, -0.2) is 28.7 Å². The number of aromatic nitrogens is 2. The summed E-state index contributed by atoms with van der Waals surface area (Å²) in [5.41, 5.74) is 8.50. The molecule has 150 valence electrons. The van der Waals surface area contributed by atoms with E-state index >= 15 is 0 Å². The third-order valence-electron chi connectivity index (χ3n) is 4.82. The molecule has 0 radical (unpaired) electrons. The van der Waals surface area contributed by atoms with Crippen molar-refractivity contribution in [2.75, 3.05) is 6.61 Å². The molecule has 1 amide bonds. The Labute approximate surface area is 174 Å². The van der Waals surface area contributed by atoms with Crippen LogP contribution >= 0.6 is 0 Å². The van der Waals surface area contributed by atoms with E-state index in [1.807, 2.05) is 74.8 Å². The monoisotopic (exact) mass is 398 g/mol. The number of amides is 1. The summed E-state index contributed by atoms with van der Waals surface area (Å²) in [6.07, 6.45) is 7.08. The van der Waals surface area contributed by atoms with Crippen molar-refractivity contribution in [2.24, 2.45) is 5.10 Å². The molecule has 2 aromatic carbocycles. The van der Waals surface area contributed by atoms with Gasteiger partial charge in [0.05, 0.1) is 6.21 Å². The van der Waals surface area contributed by atoms with E-state index in [9.17, 15) is 4.79 Å². The zero-order valence-electron chi connectivity index (χ0n) is 16.8. The van der Waals surface area contributed by atoms with Crippen LogP contribution in [0.3, 0.4) is 0 Å². The van der Waals surface area contributed by atoms with Gasteiger partial charge in [-0.2, -0.15) is 5.10 Å². The molecule has 0 unspecified atom stereocenters. The van der Waals surface area contributed by atoms with E-state index < -0.39 is 0 Å². The number of nitrogens with one attached hydrogen (secondary N) is 2. The Hall–Kier alpha value is -3.93. The topological polar surface area (TPSA) is 79.4 Å². The highest BCUT2D eigenvalue weighted by molar-refractivity contribution is 5.98. The second kappa shape index (κ2) is 8.61. The van der Waals surface area contributed by atoms with Crippen LogP contribution in [0, 0.1) is 13.8 Å². The molecule has 0 aliphatic carbocycles. The van der Waals surface area contributed by atoms with Gasteiger partial charge in [0.25, 0.3) is 5.91 Å². The lowest BCUT2D eigenvalue weighted by Gasteiger charge is -2.13. The van der Waals surface area contributed by atoms with Gasteiger partial charge in [0.1, 0.15) is 5.75 Å². The van der Waals surface area contributed by atoms with Crippen molar-refractivity contribution in [3.63, 3.8) is 0 Å². The van der Waals surface area contributed by atoms with Crippen molar-refractivity contribution in [2.45, 2.75) is 13.8 Å². The number of nitrogens with zero attached hydrogens (tertiary/aromatic N) is 2. The number of hydrogen-bond acceptors (Lipinski definition) is 4. The van der Waals surface area contributed by atoms with Crippen molar-refractivity contribution in [1.29, 1.82) is 0 Å². The molecule has 6 heteroatoms. The highest BCUT2D eigenvalue weighted by Gasteiger charge is 2.10. The molecule has 0 aliphatic rings. The Morgan fingerprint density at radius 1 is 1.13 bits per heavy atom. The van der Waals surface area contributed by atoms with E-state index in [1.54, 1.807) is 12.4 Å². The maximum atomic E-state index is 12.2. The molecular weight excluding hydrogens is 376 g/mol. The standard InChI is InChI=1S/C24H22N4O2/c1-16-11-20(18-6-4-9-25-13-18)12-17(2)24(16)30-15-23(29)28-27-14-19-5-3-7-22-21(19)8-10-26-22/h3-14,26H,15H2,1-2H3,(H,28,29). The summed E-state index contributed by atoms with van der Waals surface area (Å²) >= 11 is 0. The number of hydrazone groups is 1. The van der Waals surface area contributed by atoms with Crippen LogP contribution in [0.1, 0.15) is 16.7 Å². The second-order valence-electron chi connectivity index (χ2n) is 7.05. The minimum absolute atomic E-state index is 0.111. The summed E-state index contributed by atoms with van der Waals surface area (Å²) in [6, 6.07) is 15.8. The number of benzene rings is 2. The molecule has 4 rings (SSSR count). The number of ether oxygens (including phenoxy) is 1. The van der Waals surface area contributed by atoms with Crippen molar-refractivity contribution in [3.8, 4) is 16.9 Å². The van der Waals surface area contributed by atoms with E-state index in [4.69, 9.17) is 4.74 Å². The summed E-state index contributed by atoms with van der Waals surface area (Å²) in [6.45, 7) is 3.82. The van der Waals surface area contributed by atoms with Crippen LogP contribution in [0.25, 0.3) is 22.0 Å². The molecule has 6 nitrogen and oxygen atoms in total. The van der Waals surface area contributed by atoms with E-state index in [0.29, 0.717) is 5.75 Å². The molecule has 4 aromatic rings. The lowest BCUT2D eigenvalue weighted by Crippen LogP contribution is -2.25. The number of carbonyl (C=O) groups is 1. The van der Waals surface area contributed by atoms with E-state index in [-0.39, 0.29) is 12.5 Å². The van der Waals surface area contributed by atoms with Gasteiger partial charge in [-0.1, -0.05) is 18.2 Å². The van der Waals surface area contributed by atoms with Crippen molar-refractivity contribution in [3.05, 3.63) is 83.8 Å². The van der Waals surface area contributed by atoms with Gasteiger partial charge in [0.2, 0.25) is 0 Å². The fourth-order valence-electron chi connectivity index (χ4n) is 3.44. The summed E-state index contributed by atoms with van der Waals surface area (Å²) in [7, 11) is 0. The fourth-order valence-corrected chi connectivity index (χ4v) is 3.44. The average Bonchev–Trinajstić information content (AvgIpc) is 3.23. The zero-order chi connectivity index (χ0) is 20.9. The summed E-state index contributed by atoms with van der Waals surface area (Å²) in [4.78, 5) is 19.5. The van der Waals surface area contributed by atoms with Gasteiger partial charge >= 0.3 is 0 Å². The Morgan fingerprint density at radius 2 is 1.97 bits per heavy atom. The number of H-pyrrole nitrogens is 1. The lowest BCUT2D eigenvalue weighted by molar-refractivity contribution is -0.123. The van der Waals surface area contributed by atoms with Gasteiger partial charge in [0, 0.05) is 40.6 Å². The maximum absolute atomic E-state index is 12.2. The van der Waals surface area contributed by atoms with Gasteiger partial charge < -0.3 is 9.72 Å². The van der Waals surface area contributed by atoms with Gasteiger partial charge in [-0.05, 0) is 60.9 Å². The zero-order valence-corrected chi connectivity index (χ0v) is 16.8. The Kier molecular flexibility index (Phi) is 5.57. The predicted molar refractivity (Wildman–Crippen MR) is 119 cm³/mol. The molecule has 0 spiro atoms. The second-order valence-corrected chi connectivity index (χ2v) is 7.05. The molecular formula is C24H22N4O2. The van der Waals surface area contributed by atoms with Crippen molar-refractivity contribution in [1.82, 2.24) is 15.4 Å². The Balaban J connectivity index is 1.38. The van der Waals surface area contributed by atoms with E-state index in [1.165, 1.54) is 0 Å². The van der Waals surface area contributed by atoms with Crippen LogP contribution < -0.4 is 10.2 Å². The molecule has 0 fully saturated rings. The minimum atomic E-state index is -0.317. The highest BCUT2D eigenvalue weighted by atomic mass is 16.5. The lowest BCUT2D eigenvalue weighted by atomic mass is 10.0. The number of carbonyl (C=O) groups excluding carboxylic acids is 1. The molecule has 2 heterocycles. The average molecular weight is 398 g/mol. The van der Waals surface area contributed by atoms with Crippen LogP contribution in [-0.2, 0) is 4.79 Å². The largest absolute Gasteiger partial charge is 0.483 e. The normalized spacial score (nSPS) is 11.1. The predicted octanol–water partition coefficient (Wildman–Crippen LogP) is 4.38. The van der Waals surface area contributed by atoms with Gasteiger partial charge in [0.15, 0.2) is 6.61 Å². The van der Waals surface area contributed by atoms with Crippen molar-refractivity contribution < 1.29 is 9.53 Å². The van der Waals surface area contributed by atoms with E-state index in [0.717, 1.165) is 38.7 Å². The number of aryl methyl sites for hydroxylation is 2. The first-order valence-electron chi connectivity index (χ1n) is 9.64. The molecule has 2 N–H and O–H groups in total. The quantitative estimate of drug-likeness (QED) is 0.374. The first-order chi connectivity index (χ1) is 14.6. The number of hydrogen-bond donors (Lipinski definition) is 2.